The molecule has 0 spiro atoms. The summed E-state index contributed by atoms with van der Waals surface area (Å²) in [4.78, 5) is 29.8. The first kappa shape index (κ1) is 25.2. The Balaban J connectivity index is 1.81. The third-order valence-corrected chi connectivity index (χ3v) is 5.74. The second kappa shape index (κ2) is 11.1. The van der Waals surface area contributed by atoms with Crippen molar-refractivity contribution in [1.82, 2.24) is 9.55 Å². The minimum absolute atomic E-state index is 0.145. The summed E-state index contributed by atoms with van der Waals surface area (Å²) in [6.45, 7) is 5.44. The minimum atomic E-state index is -0.799. The number of hydrogen-bond acceptors (Lipinski definition) is 8. The van der Waals surface area contributed by atoms with Crippen LogP contribution in [0.1, 0.15) is 27.2 Å². The Bertz CT molecular complexity index is 1190. The Morgan fingerprint density at radius 2 is 1.79 bits per heavy atom. The number of hydrogen-bond donors (Lipinski definition) is 0. The van der Waals surface area contributed by atoms with Crippen molar-refractivity contribution >= 4 is 17.7 Å². The van der Waals surface area contributed by atoms with Crippen molar-refractivity contribution in [2.75, 3.05) is 20.8 Å². The van der Waals surface area contributed by atoms with E-state index < -0.39 is 5.60 Å². The minimum Gasteiger partial charge on any atom is -0.497 e. The summed E-state index contributed by atoms with van der Waals surface area (Å²) < 4.78 is 23.4. The number of carbonyl (C=O) groups is 1. The van der Waals surface area contributed by atoms with E-state index in [2.05, 4.69) is 4.98 Å². The van der Waals surface area contributed by atoms with E-state index in [1.807, 2.05) is 24.3 Å². The van der Waals surface area contributed by atoms with Crippen molar-refractivity contribution < 1.29 is 23.7 Å². The molecule has 0 saturated heterocycles. The third-order valence-electron chi connectivity index (χ3n) is 4.76. The fraction of sp³-hybridized carbons (Fsp3) is 0.320. The number of esters is 1. The predicted molar refractivity (Wildman–Crippen MR) is 129 cm³/mol. The van der Waals surface area contributed by atoms with Crippen molar-refractivity contribution in [3.63, 3.8) is 0 Å². The molecule has 0 saturated carbocycles. The summed E-state index contributed by atoms with van der Waals surface area (Å²) >= 11 is 1.28. The van der Waals surface area contributed by atoms with E-state index in [1.54, 1.807) is 58.5 Å². The first-order chi connectivity index (χ1) is 16.3. The standard InChI is InChI=1S/C25H28N2O6S/c1-6-22(28)33-25(2,3)16-32-20-12-7-17(15-21(20)31-5)27-14-13-26-23(24(27)29)34-19-10-8-18(30-4)9-11-19/h7-15H,6,16H2,1-5H3. The van der Waals surface area contributed by atoms with Crippen LogP contribution in [0, 0.1) is 0 Å². The van der Waals surface area contributed by atoms with Crippen molar-refractivity contribution in [3.05, 3.63) is 65.2 Å². The maximum Gasteiger partial charge on any atom is 0.306 e. The highest BCUT2D eigenvalue weighted by molar-refractivity contribution is 7.99. The molecule has 1 aromatic heterocycles. The van der Waals surface area contributed by atoms with Gasteiger partial charge in [0.1, 0.15) is 18.0 Å². The molecule has 0 N–H and O–H groups in total. The van der Waals surface area contributed by atoms with Crippen LogP contribution in [0.4, 0.5) is 0 Å². The Kier molecular flexibility index (Phi) is 8.22. The molecule has 0 unspecified atom stereocenters. The summed E-state index contributed by atoms with van der Waals surface area (Å²) in [5, 5.41) is 0.339. The predicted octanol–water partition coefficient (Wildman–Crippen LogP) is 4.51. The van der Waals surface area contributed by atoms with Crippen molar-refractivity contribution in [2.24, 2.45) is 0 Å². The Morgan fingerprint density at radius 3 is 2.44 bits per heavy atom. The highest BCUT2D eigenvalue weighted by Gasteiger charge is 2.24. The zero-order valence-electron chi connectivity index (χ0n) is 19.9. The molecule has 34 heavy (non-hydrogen) atoms. The molecule has 0 radical (unpaired) electrons. The van der Waals surface area contributed by atoms with Crippen molar-refractivity contribution in [1.29, 1.82) is 0 Å². The maximum absolute atomic E-state index is 13.1. The SMILES string of the molecule is CCC(=O)OC(C)(C)COc1ccc(-n2ccnc(Sc3ccc(OC)cc3)c2=O)cc1OC. The molecule has 8 nitrogen and oxygen atoms in total. The zero-order valence-corrected chi connectivity index (χ0v) is 20.7. The van der Waals surface area contributed by atoms with E-state index in [1.165, 1.54) is 23.4 Å². The summed E-state index contributed by atoms with van der Waals surface area (Å²) in [5.74, 6) is 1.37. The van der Waals surface area contributed by atoms with Crippen LogP contribution in [-0.4, -0.2) is 41.9 Å². The van der Waals surface area contributed by atoms with Gasteiger partial charge in [0.2, 0.25) is 0 Å². The average Bonchev–Trinajstić information content (AvgIpc) is 2.84. The molecule has 180 valence electrons. The first-order valence-corrected chi connectivity index (χ1v) is 11.5. The van der Waals surface area contributed by atoms with E-state index >= 15 is 0 Å². The molecular formula is C25H28N2O6S. The molecule has 2 aromatic carbocycles. The van der Waals surface area contributed by atoms with Gasteiger partial charge in [0.25, 0.3) is 5.56 Å². The van der Waals surface area contributed by atoms with Gasteiger partial charge >= 0.3 is 5.97 Å². The molecule has 1 heterocycles. The molecule has 0 aliphatic heterocycles. The summed E-state index contributed by atoms with van der Waals surface area (Å²) in [6.07, 6.45) is 3.47. The van der Waals surface area contributed by atoms with Crippen LogP contribution in [0.15, 0.2) is 69.6 Å². The highest BCUT2D eigenvalue weighted by Crippen LogP contribution is 2.31. The fourth-order valence-electron chi connectivity index (χ4n) is 3.01. The van der Waals surface area contributed by atoms with Crippen LogP contribution >= 0.6 is 11.8 Å². The number of aromatic nitrogens is 2. The number of methoxy groups -OCH3 is 2. The molecule has 0 fully saturated rings. The van der Waals surface area contributed by atoms with Gasteiger partial charge in [-0.15, -0.1) is 0 Å². The molecular weight excluding hydrogens is 456 g/mol. The first-order valence-electron chi connectivity index (χ1n) is 10.7. The number of nitrogens with zero attached hydrogens (tertiary/aromatic N) is 2. The Morgan fingerprint density at radius 1 is 1.06 bits per heavy atom. The monoisotopic (exact) mass is 484 g/mol. The van der Waals surface area contributed by atoms with Gasteiger partial charge in [0, 0.05) is 29.8 Å². The quantitative estimate of drug-likeness (QED) is 0.388. The molecule has 9 heteroatoms. The van der Waals surface area contributed by atoms with Crippen LogP contribution in [0.2, 0.25) is 0 Å². The Labute approximate surface area is 202 Å². The van der Waals surface area contributed by atoms with Crippen LogP contribution in [0.25, 0.3) is 5.69 Å². The lowest BCUT2D eigenvalue weighted by molar-refractivity contribution is -0.158. The second-order valence-corrected chi connectivity index (χ2v) is 8.96. The van der Waals surface area contributed by atoms with Crippen LogP contribution in [0.3, 0.4) is 0 Å². The van der Waals surface area contributed by atoms with Gasteiger partial charge in [0.05, 0.1) is 19.9 Å². The number of benzene rings is 2. The van der Waals surface area contributed by atoms with Crippen LogP contribution < -0.4 is 19.8 Å². The molecule has 3 aromatic rings. The number of rotatable bonds is 10. The van der Waals surface area contributed by atoms with Gasteiger partial charge < -0.3 is 18.9 Å². The molecule has 0 aliphatic rings. The number of carbonyl (C=O) groups excluding carboxylic acids is 1. The lowest BCUT2D eigenvalue weighted by Crippen LogP contribution is -2.34. The molecule has 0 amide bonds. The number of ether oxygens (including phenoxy) is 4. The van der Waals surface area contributed by atoms with Crippen LogP contribution in [-0.2, 0) is 9.53 Å². The lowest BCUT2D eigenvalue weighted by atomic mass is 10.1. The topological polar surface area (TPSA) is 88.9 Å². The summed E-state index contributed by atoms with van der Waals surface area (Å²) in [7, 11) is 3.13. The fourth-order valence-corrected chi connectivity index (χ4v) is 3.80. The lowest BCUT2D eigenvalue weighted by Gasteiger charge is -2.25. The highest BCUT2D eigenvalue weighted by atomic mass is 32.2. The zero-order chi connectivity index (χ0) is 24.7. The molecule has 0 atom stereocenters. The third kappa shape index (κ3) is 6.32. The molecule has 3 rings (SSSR count). The van der Waals surface area contributed by atoms with E-state index in [0.717, 1.165) is 10.6 Å². The van der Waals surface area contributed by atoms with Gasteiger partial charge in [-0.2, -0.15) is 0 Å². The second-order valence-electron chi connectivity index (χ2n) is 7.90. The normalized spacial score (nSPS) is 11.1. The summed E-state index contributed by atoms with van der Waals surface area (Å²) in [6, 6.07) is 12.6. The van der Waals surface area contributed by atoms with E-state index in [0.29, 0.717) is 28.6 Å². The molecule has 0 bridgehead atoms. The van der Waals surface area contributed by atoms with Crippen molar-refractivity contribution in [2.45, 2.75) is 42.7 Å². The van der Waals surface area contributed by atoms with Gasteiger partial charge in [-0.3, -0.25) is 14.2 Å². The van der Waals surface area contributed by atoms with Crippen LogP contribution in [0.5, 0.6) is 17.2 Å². The summed E-state index contributed by atoms with van der Waals surface area (Å²) in [5.41, 5.74) is -0.455. The van der Waals surface area contributed by atoms with Gasteiger partial charge in [-0.1, -0.05) is 18.7 Å². The smallest absolute Gasteiger partial charge is 0.306 e. The van der Waals surface area contributed by atoms with E-state index in [9.17, 15) is 9.59 Å². The Hall–Kier alpha value is -3.46. The van der Waals surface area contributed by atoms with Gasteiger partial charge in [-0.05, 0) is 50.2 Å². The van der Waals surface area contributed by atoms with Gasteiger partial charge in [-0.25, -0.2) is 4.98 Å². The molecule has 0 aliphatic carbocycles. The maximum atomic E-state index is 13.1. The van der Waals surface area contributed by atoms with E-state index in [-0.39, 0.29) is 18.1 Å². The van der Waals surface area contributed by atoms with E-state index in [4.69, 9.17) is 18.9 Å². The van der Waals surface area contributed by atoms with Gasteiger partial charge in [0.15, 0.2) is 16.5 Å². The largest absolute Gasteiger partial charge is 0.497 e. The average molecular weight is 485 g/mol. The van der Waals surface area contributed by atoms with Crippen molar-refractivity contribution in [3.8, 4) is 22.9 Å².